The first-order valence-corrected chi connectivity index (χ1v) is 39.3. The molecule has 540 valence electrons. The minimum Gasteiger partial charge on any atom is -0.453 e. The Morgan fingerprint density at radius 1 is 0.181 bits per heavy atom. The molecule has 0 atom stereocenters. The summed E-state index contributed by atoms with van der Waals surface area (Å²) in [6.45, 7) is 0. The van der Waals surface area contributed by atoms with Crippen molar-refractivity contribution in [3.8, 4) is 119 Å². The number of hydrogen-bond donors (Lipinski definition) is 0. The molecule has 0 aliphatic carbocycles. The van der Waals surface area contributed by atoms with Crippen LogP contribution in [0.15, 0.2) is 388 Å². The average molecular weight is 1480 g/mol. The minimum absolute atomic E-state index is 0.830. The fraction of sp³-hybridized carbons (Fsp3) is 0. The van der Waals surface area contributed by atoms with E-state index in [0.717, 1.165) is 119 Å². The van der Waals surface area contributed by atoms with E-state index in [4.69, 9.17) is 29.2 Å². The quantitative estimate of drug-likeness (QED) is 0.154. The largest absolute Gasteiger partial charge is 0.453 e. The highest BCUT2D eigenvalue weighted by Crippen LogP contribution is 2.54. The van der Waals surface area contributed by atoms with Crippen molar-refractivity contribution in [1.29, 1.82) is 0 Å². The molecule has 26 rings (SSSR count). The normalized spacial score (nSPS) is 12.2. The second-order valence-corrected chi connectivity index (χ2v) is 29.9. The van der Waals surface area contributed by atoms with Gasteiger partial charge in [-0.05, 0) is 198 Å². The molecule has 0 radical (unpaired) electrons. The van der Waals surface area contributed by atoms with E-state index in [0.29, 0.717) is 0 Å². The smallest absolute Gasteiger partial charge is 0.153 e. The molecule has 3 aromatic heterocycles. The molecule has 20 aromatic carbocycles. The van der Waals surface area contributed by atoms with Crippen LogP contribution < -0.4 is 14.2 Å². The third kappa shape index (κ3) is 9.92. The van der Waals surface area contributed by atoms with Crippen molar-refractivity contribution in [3.63, 3.8) is 0 Å². The highest BCUT2D eigenvalue weighted by atomic mass is 16.5. The summed E-state index contributed by atoms with van der Waals surface area (Å²) in [6.07, 6.45) is 0. The number of fused-ring (bicyclic) bond motifs is 14. The number of imidazole rings is 3. The van der Waals surface area contributed by atoms with Crippen molar-refractivity contribution in [2.24, 2.45) is 0 Å². The lowest BCUT2D eigenvalue weighted by molar-refractivity contribution is 0.475. The third-order valence-corrected chi connectivity index (χ3v) is 23.5. The fourth-order valence-corrected chi connectivity index (χ4v) is 18.7. The molecule has 23 aromatic rings. The van der Waals surface area contributed by atoms with Gasteiger partial charge in [-0.25, -0.2) is 15.0 Å². The topological polar surface area (TPSA) is 81.2 Å². The van der Waals surface area contributed by atoms with E-state index >= 15 is 0 Å². The zero-order valence-electron chi connectivity index (χ0n) is 62.4. The van der Waals surface area contributed by atoms with Crippen molar-refractivity contribution in [1.82, 2.24) is 28.7 Å². The van der Waals surface area contributed by atoms with Gasteiger partial charge < -0.3 is 14.2 Å². The molecule has 3 aliphatic rings. The Kier molecular flexibility index (Phi) is 14.5. The molecule has 0 amide bonds. The van der Waals surface area contributed by atoms with Gasteiger partial charge in [-0.1, -0.05) is 309 Å². The van der Waals surface area contributed by atoms with Gasteiger partial charge in [0.2, 0.25) is 0 Å². The van der Waals surface area contributed by atoms with Crippen LogP contribution in [0.4, 0.5) is 0 Å². The second kappa shape index (κ2) is 25.9. The van der Waals surface area contributed by atoms with E-state index < -0.39 is 0 Å². The Hall–Kier alpha value is -15.7. The first kappa shape index (κ1) is 65.0. The number of benzene rings is 20. The van der Waals surface area contributed by atoms with Crippen LogP contribution in [0.25, 0.3) is 204 Å². The Morgan fingerprint density at radius 3 is 0.862 bits per heavy atom. The van der Waals surface area contributed by atoms with Crippen LogP contribution in [0.2, 0.25) is 0 Å². The maximum Gasteiger partial charge on any atom is 0.153 e. The number of rotatable bonds is 6. The van der Waals surface area contributed by atoms with Gasteiger partial charge in [0.15, 0.2) is 34.5 Å². The van der Waals surface area contributed by atoms with E-state index in [-0.39, 0.29) is 0 Å². The molecule has 0 saturated heterocycles. The predicted molar refractivity (Wildman–Crippen MR) is 476 cm³/mol. The lowest BCUT2D eigenvalue weighted by Gasteiger charge is -2.22. The molecular weight excluding hydrogens is 1420 g/mol. The molecule has 9 heteroatoms. The van der Waals surface area contributed by atoms with Crippen molar-refractivity contribution >= 4 is 119 Å². The lowest BCUT2D eigenvalue weighted by Crippen LogP contribution is -2.06. The zero-order valence-corrected chi connectivity index (χ0v) is 62.4. The van der Waals surface area contributed by atoms with Crippen molar-refractivity contribution < 1.29 is 14.2 Å². The monoisotopic (exact) mass is 1480 g/mol. The second-order valence-electron chi connectivity index (χ2n) is 29.9. The highest BCUT2D eigenvalue weighted by Gasteiger charge is 2.32. The van der Waals surface area contributed by atoms with Gasteiger partial charge in [0.25, 0.3) is 0 Å². The van der Waals surface area contributed by atoms with E-state index in [2.05, 4.69) is 329 Å². The van der Waals surface area contributed by atoms with Gasteiger partial charge in [-0.2, -0.15) is 0 Å². The van der Waals surface area contributed by atoms with Gasteiger partial charge in [0.1, 0.15) is 34.0 Å². The number of aromatic nitrogens is 6. The molecule has 0 N–H and O–H groups in total. The summed E-state index contributed by atoms with van der Waals surface area (Å²) in [5.74, 6) is 7.79. The number of hydrogen-bond acceptors (Lipinski definition) is 6. The molecule has 3 aliphatic heterocycles. The molecule has 0 saturated carbocycles. The van der Waals surface area contributed by atoms with Crippen LogP contribution in [-0.4, -0.2) is 28.7 Å². The molecule has 116 heavy (non-hydrogen) atoms. The maximum atomic E-state index is 6.33. The minimum atomic E-state index is 0.830. The Balaban J connectivity index is 0.000000100. The summed E-state index contributed by atoms with van der Waals surface area (Å²) in [7, 11) is 0. The summed E-state index contributed by atoms with van der Waals surface area (Å²) >= 11 is 0. The summed E-state index contributed by atoms with van der Waals surface area (Å²) in [4.78, 5) is 15.8. The Bertz CT molecular complexity index is 7910. The van der Waals surface area contributed by atoms with Crippen LogP contribution in [0.3, 0.4) is 0 Å². The SMILES string of the molecule is c1ccc(-c2c3ccccc3c(-c3nc4cccc5c4n3-c3ccccc3O5)c3ccccc23)cc1.c1ccc2c(c1)Oc1cccc3nc(-c4c5ccccc5c(-c5ccc6ccccc6c5)c5ccccc45)n-2c13.c1ccc2c(c1)Oc1cccc3nc(-c4c5ccccc5c(-c5cccc6ccccc56)c5ccccc45)n-2c13. The third-order valence-electron chi connectivity index (χ3n) is 23.5. The Morgan fingerprint density at radius 2 is 0.466 bits per heavy atom. The summed E-state index contributed by atoms with van der Waals surface area (Å²) < 4.78 is 25.8. The standard InChI is InChI=1S/2C37H22N2O.C33H20N2O/c1-2-13-24-23(11-1)12-9-18-25(24)34-26-14-3-5-16-28(26)35(29-17-6-4-15-27(29)34)37-38-30-19-10-22-33-36(30)39(37)31-20-7-8-21-32(31)40-33;1-2-11-24-22-25(21-20-23(24)10-1)34-26-12-3-5-14-28(26)35(29-15-6-4-13-27(29)34)37-38-30-16-9-19-33-36(30)39(37)31-17-7-8-18-32(31)40-33;1-2-11-21(12-3-1)30-22-13-4-6-15-24(22)31(25-16-7-5-14-23(25)30)33-34-26-17-10-20-29-32(26)35(33)27-18-8-9-19-28(27)36-29/h2*1-22H;1-20H. The van der Waals surface area contributed by atoms with Crippen LogP contribution in [0.5, 0.6) is 34.5 Å². The number of nitrogens with zero attached hydrogens (tertiary/aromatic N) is 6. The summed E-state index contributed by atoms with van der Waals surface area (Å²) in [5.41, 5.74) is 19.6. The average Bonchev–Trinajstić information content (AvgIpc) is 1.36. The maximum absolute atomic E-state index is 6.33. The zero-order chi connectivity index (χ0) is 76.1. The highest BCUT2D eigenvalue weighted by molar-refractivity contribution is 6.26. The van der Waals surface area contributed by atoms with Crippen LogP contribution >= 0.6 is 0 Å². The van der Waals surface area contributed by atoms with Crippen molar-refractivity contribution in [2.75, 3.05) is 0 Å². The van der Waals surface area contributed by atoms with Crippen LogP contribution in [0.1, 0.15) is 0 Å². The van der Waals surface area contributed by atoms with E-state index in [1.165, 1.54) is 120 Å². The fourth-order valence-electron chi connectivity index (χ4n) is 18.7. The first-order chi connectivity index (χ1) is 57.6. The molecular formula is C107H64N6O3. The van der Waals surface area contributed by atoms with Crippen molar-refractivity contribution in [3.05, 3.63) is 388 Å². The summed E-state index contributed by atoms with van der Waals surface area (Å²) in [6, 6.07) is 137. The molecule has 6 heterocycles. The van der Waals surface area contributed by atoms with Gasteiger partial charge in [-0.3, -0.25) is 13.7 Å². The predicted octanol–water partition coefficient (Wildman–Crippen LogP) is 28.6. The Labute approximate surface area is 665 Å². The van der Waals surface area contributed by atoms with Crippen molar-refractivity contribution in [2.45, 2.75) is 0 Å². The molecule has 0 bridgehead atoms. The van der Waals surface area contributed by atoms with Gasteiger partial charge >= 0.3 is 0 Å². The number of para-hydroxylation sites is 9. The molecule has 9 nitrogen and oxygen atoms in total. The summed E-state index contributed by atoms with van der Waals surface area (Å²) in [5, 5.41) is 19.4. The van der Waals surface area contributed by atoms with Crippen LogP contribution in [0, 0.1) is 0 Å². The lowest BCUT2D eigenvalue weighted by atomic mass is 9.86. The van der Waals surface area contributed by atoms with Gasteiger partial charge in [-0.15, -0.1) is 0 Å². The first-order valence-electron chi connectivity index (χ1n) is 39.3. The van der Waals surface area contributed by atoms with Gasteiger partial charge in [0.05, 0.1) is 33.6 Å². The molecule has 0 unspecified atom stereocenters. The molecule has 0 fully saturated rings. The van der Waals surface area contributed by atoms with Gasteiger partial charge in [0, 0.05) is 16.7 Å². The van der Waals surface area contributed by atoms with Crippen LogP contribution in [-0.2, 0) is 0 Å². The van der Waals surface area contributed by atoms with E-state index in [1.807, 2.05) is 72.8 Å². The molecule has 0 spiro atoms. The van der Waals surface area contributed by atoms with E-state index in [1.54, 1.807) is 0 Å². The number of ether oxygens (including phenoxy) is 3. The van der Waals surface area contributed by atoms with E-state index in [9.17, 15) is 0 Å².